The molecule has 1 aliphatic carbocycles. The van der Waals surface area contributed by atoms with Crippen LogP contribution in [0.5, 0.6) is 0 Å². The maximum absolute atomic E-state index is 12.5. The molecule has 1 saturated carbocycles. The van der Waals surface area contributed by atoms with Crippen LogP contribution in [0.1, 0.15) is 31.2 Å². The number of carbonyl (C=O) groups is 3. The summed E-state index contributed by atoms with van der Waals surface area (Å²) >= 11 is 6.02. The Morgan fingerprint density at radius 3 is 2.74 bits per heavy atom. The zero-order valence-electron chi connectivity index (χ0n) is 12.8. The average Bonchev–Trinajstić information content (AvgIpc) is 3.06. The lowest BCUT2D eigenvalue weighted by atomic mass is 9.98. The molecule has 1 heterocycles. The minimum atomic E-state index is -0.788. The van der Waals surface area contributed by atoms with E-state index >= 15 is 0 Å². The van der Waals surface area contributed by atoms with E-state index in [9.17, 15) is 14.4 Å². The fourth-order valence-electron chi connectivity index (χ4n) is 3.21. The number of nitrogens with one attached hydrogen (secondary N) is 2. The number of hydrogen-bond donors (Lipinski definition) is 2. The van der Waals surface area contributed by atoms with Gasteiger partial charge in [-0.15, -0.1) is 0 Å². The Kier molecular flexibility index (Phi) is 4.02. The predicted octanol–water partition coefficient (Wildman–Crippen LogP) is 2.45. The summed E-state index contributed by atoms with van der Waals surface area (Å²) in [4.78, 5) is 37.7. The van der Waals surface area contributed by atoms with Crippen molar-refractivity contribution in [1.82, 2.24) is 10.2 Å². The van der Waals surface area contributed by atoms with Crippen molar-refractivity contribution < 1.29 is 14.4 Å². The third-order valence-electron chi connectivity index (χ3n) is 4.55. The van der Waals surface area contributed by atoms with Crippen molar-refractivity contribution >= 4 is 35.1 Å². The van der Waals surface area contributed by atoms with Gasteiger partial charge in [-0.2, -0.15) is 0 Å². The molecule has 4 amide bonds. The van der Waals surface area contributed by atoms with E-state index < -0.39 is 17.5 Å². The number of anilines is 1. The summed E-state index contributed by atoms with van der Waals surface area (Å²) in [6, 6.07) is 4.69. The standard InChI is InChI=1S/C16H18ClN3O3/c1-10-11(17)5-4-6-12(10)18-13(21)9-20-14(22)16(19-15(20)23)7-2-3-8-16/h4-6H,2-3,7-9H2,1H3,(H,18,21)(H,19,23). The van der Waals surface area contributed by atoms with Crippen LogP contribution in [-0.2, 0) is 9.59 Å². The van der Waals surface area contributed by atoms with E-state index in [1.807, 2.05) is 0 Å². The summed E-state index contributed by atoms with van der Waals surface area (Å²) in [6.07, 6.45) is 3.10. The molecular formula is C16H18ClN3O3. The summed E-state index contributed by atoms with van der Waals surface area (Å²) in [5.41, 5.74) is 0.528. The van der Waals surface area contributed by atoms with Gasteiger partial charge in [0.15, 0.2) is 0 Å². The van der Waals surface area contributed by atoms with Crippen molar-refractivity contribution in [2.75, 3.05) is 11.9 Å². The lowest BCUT2D eigenvalue weighted by Gasteiger charge is -2.20. The number of nitrogens with zero attached hydrogens (tertiary/aromatic N) is 1. The topological polar surface area (TPSA) is 78.5 Å². The van der Waals surface area contributed by atoms with Gasteiger partial charge < -0.3 is 10.6 Å². The number of carbonyl (C=O) groups excluding carboxylic acids is 3. The van der Waals surface area contributed by atoms with Crippen LogP contribution in [0.4, 0.5) is 10.5 Å². The number of imide groups is 1. The average molecular weight is 336 g/mol. The molecule has 7 heteroatoms. The largest absolute Gasteiger partial charge is 0.325 e. The molecule has 1 saturated heterocycles. The molecule has 23 heavy (non-hydrogen) atoms. The number of amides is 4. The number of benzene rings is 1. The second-order valence-electron chi connectivity index (χ2n) is 6.07. The summed E-state index contributed by atoms with van der Waals surface area (Å²) in [5.74, 6) is -0.716. The molecule has 122 valence electrons. The maximum atomic E-state index is 12.5. The van der Waals surface area contributed by atoms with Gasteiger partial charge in [-0.05, 0) is 37.5 Å². The Bertz CT molecular complexity index is 683. The van der Waals surface area contributed by atoms with E-state index in [1.54, 1.807) is 25.1 Å². The fourth-order valence-corrected chi connectivity index (χ4v) is 3.39. The van der Waals surface area contributed by atoms with Crippen LogP contribution in [-0.4, -0.2) is 34.8 Å². The number of halogens is 1. The van der Waals surface area contributed by atoms with Crippen LogP contribution in [0.2, 0.25) is 5.02 Å². The van der Waals surface area contributed by atoms with Gasteiger partial charge in [-0.3, -0.25) is 14.5 Å². The predicted molar refractivity (Wildman–Crippen MR) is 86.3 cm³/mol. The zero-order valence-corrected chi connectivity index (χ0v) is 13.6. The smallest absolute Gasteiger partial charge is 0.324 e. The van der Waals surface area contributed by atoms with E-state index in [4.69, 9.17) is 11.6 Å². The van der Waals surface area contributed by atoms with Gasteiger partial charge in [0, 0.05) is 10.7 Å². The third kappa shape index (κ3) is 2.79. The lowest BCUT2D eigenvalue weighted by molar-refractivity contribution is -0.133. The van der Waals surface area contributed by atoms with Crippen LogP contribution in [0.25, 0.3) is 0 Å². The lowest BCUT2D eigenvalue weighted by Crippen LogP contribution is -2.44. The van der Waals surface area contributed by atoms with E-state index in [-0.39, 0.29) is 12.5 Å². The van der Waals surface area contributed by atoms with Gasteiger partial charge >= 0.3 is 6.03 Å². The summed E-state index contributed by atoms with van der Waals surface area (Å²) in [7, 11) is 0. The SMILES string of the molecule is Cc1c(Cl)cccc1NC(=O)CN1C(=O)NC2(CCCC2)C1=O. The quantitative estimate of drug-likeness (QED) is 0.833. The van der Waals surface area contributed by atoms with Crippen LogP contribution in [0.3, 0.4) is 0 Å². The van der Waals surface area contributed by atoms with Crippen LogP contribution < -0.4 is 10.6 Å². The first-order valence-electron chi connectivity index (χ1n) is 7.62. The Morgan fingerprint density at radius 2 is 2.04 bits per heavy atom. The normalized spacial score (nSPS) is 19.3. The monoisotopic (exact) mass is 335 g/mol. The van der Waals surface area contributed by atoms with Crippen molar-refractivity contribution in [3.8, 4) is 0 Å². The highest BCUT2D eigenvalue weighted by Gasteiger charge is 2.52. The van der Waals surface area contributed by atoms with E-state index in [0.29, 0.717) is 23.6 Å². The van der Waals surface area contributed by atoms with Gasteiger partial charge in [-0.25, -0.2) is 4.79 Å². The molecule has 0 unspecified atom stereocenters. The molecule has 1 aromatic rings. The summed E-state index contributed by atoms with van der Waals surface area (Å²) in [5, 5.41) is 6.00. The van der Waals surface area contributed by atoms with Crippen LogP contribution >= 0.6 is 11.6 Å². The Morgan fingerprint density at radius 1 is 1.35 bits per heavy atom. The van der Waals surface area contributed by atoms with Crippen molar-refractivity contribution in [3.05, 3.63) is 28.8 Å². The Balaban J connectivity index is 1.69. The van der Waals surface area contributed by atoms with E-state index in [2.05, 4.69) is 10.6 Å². The highest BCUT2D eigenvalue weighted by Crippen LogP contribution is 2.35. The number of hydrogen-bond acceptors (Lipinski definition) is 3. The maximum Gasteiger partial charge on any atom is 0.325 e. The molecule has 2 aliphatic rings. The molecule has 0 bridgehead atoms. The second kappa shape index (κ2) is 5.85. The molecule has 1 aliphatic heterocycles. The summed E-state index contributed by atoms with van der Waals surface area (Å²) < 4.78 is 0. The van der Waals surface area contributed by atoms with Gasteiger partial charge in [0.1, 0.15) is 12.1 Å². The second-order valence-corrected chi connectivity index (χ2v) is 6.48. The highest BCUT2D eigenvalue weighted by atomic mass is 35.5. The molecule has 3 rings (SSSR count). The first-order valence-corrected chi connectivity index (χ1v) is 8.00. The van der Waals surface area contributed by atoms with E-state index in [1.165, 1.54) is 0 Å². The van der Waals surface area contributed by atoms with Crippen molar-refractivity contribution in [2.45, 2.75) is 38.1 Å². The fraction of sp³-hybridized carbons (Fsp3) is 0.438. The molecule has 2 fully saturated rings. The Labute approximate surface area is 139 Å². The van der Waals surface area contributed by atoms with Crippen LogP contribution in [0, 0.1) is 6.92 Å². The van der Waals surface area contributed by atoms with Crippen molar-refractivity contribution in [1.29, 1.82) is 0 Å². The third-order valence-corrected chi connectivity index (χ3v) is 4.96. The molecule has 0 atom stereocenters. The minimum Gasteiger partial charge on any atom is -0.324 e. The van der Waals surface area contributed by atoms with Gasteiger partial charge in [0.05, 0.1) is 0 Å². The van der Waals surface area contributed by atoms with E-state index in [0.717, 1.165) is 23.3 Å². The minimum absolute atomic E-state index is 0.293. The summed E-state index contributed by atoms with van der Waals surface area (Å²) in [6.45, 7) is 1.50. The zero-order chi connectivity index (χ0) is 16.6. The molecule has 0 aromatic heterocycles. The molecular weight excluding hydrogens is 318 g/mol. The molecule has 2 N–H and O–H groups in total. The van der Waals surface area contributed by atoms with Crippen molar-refractivity contribution in [3.63, 3.8) is 0 Å². The first-order chi connectivity index (χ1) is 10.9. The van der Waals surface area contributed by atoms with Gasteiger partial charge in [0.2, 0.25) is 5.91 Å². The molecule has 6 nitrogen and oxygen atoms in total. The molecule has 1 spiro atoms. The molecule has 1 aromatic carbocycles. The van der Waals surface area contributed by atoms with Crippen LogP contribution in [0.15, 0.2) is 18.2 Å². The highest BCUT2D eigenvalue weighted by molar-refractivity contribution is 6.31. The first kappa shape index (κ1) is 15.8. The van der Waals surface area contributed by atoms with Gasteiger partial charge in [0.25, 0.3) is 5.91 Å². The number of urea groups is 1. The molecule has 0 radical (unpaired) electrons. The van der Waals surface area contributed by atoms with Crippen molar-refractivity contribution in [2.24, 2.45) is 0 Å². The number of rotatable bonds is 3. The van der Waals surface area contributed by atoms with Gasteiger partial charge in [-0.1, -0.05) is 30.5 Å². The Hall–Kier alpha value is -2.08.